The van der Waals surface area contributed by atoms with Gasteiger partial charge in [-0.15, -0.1) is 5.23 Å². The van der Waals surface area contributed by atoms with Crippen molar-refractivity contribution < 1.29 is 15.2 Å². The summed E-state index contributed by atoms with van der Waals surface area (Å²) in [5, 5.41) is 37.0. The molecule has 0 radical (unpaired) electrons. The lowest BCUT2D eigenvalue weighted by atomic mass is 10.1. The zero-order valence-electron chi connectivity index (χ0n) is 7.32. The van der Waals surface area contributed by atoms with Crippen LogP contribution in [0.2, 0.25) is 0 Å². The first-order valence-electron chi connectivity index (χ1n) is 3.69. The van der Waals surface area contributed by atoms with Gasteiger partial charge in [0.1, 0.15) is 0 Å². The number of primary amides is 1. The van der Waals surface area contributed by atoms with Gasteiger partial charge in [-0.3, -0.25) is 15.2 Å². The third-order valence-corrected chi connectivity index (χ3v) is 1.63. The van der Waals surface area contributed by atoms with Gasteiger partial charge in [0.05, 0.1) is 5.69 Å². The predicted octanol–water partition coefficient (Wildman–Crippen LogP) is 0.172. The van der Waals surface area contributed by atoms with E-state index < -0.39 is 16.8 Å². The van der Waals surface area contributed by atoms with Gasteiger partial charge in [-0.1, -0.05) is 0 Å². The van der Waals surface area contributed by atoms with Gasteiger partial charge in [-0.2, -0.15) is 0 Å². The second-order valence-corrected chi connectivity index (χ2v) is 2.65. The summed E-state index contributed by atoms with van der Waals surface area (Å²) in [5.74, 6) is -0.901. The molecule has 1 amide bonds. The topological polar surface area (TPSA) is 136 Å². The molecular weight excluding hydrogens is 206 g/mol. The van der Waals surface area contributed by atoms with Gasteiger partial charge in [0.2, 0.25) is 5.91 Å². The molecule has 8 heteroatoms. The molecule has 1 aromatic rings. The van der Waals surface area contributed by atoms with Crippen LogP contribution >= 0.6 is 0 Å². The number of hydrogen-bond donors (Lipinski definition) is 3. The van der Waals surface area contributed by atoms with Crippen LogP contribution in [-0.4, -0.2) is 16.3 Å². The third kappa shape index (κ3) is 2.54. The maximum absolute atomic E-state index is 10.8. The first-order valence-corrected chi connectivity index (χ1v) is 3.69. The molecule has 0 unspecified atom stereocenters. The van der Waals surface area contributed by atoms with Gasteiger partial charge in [0.15, 0.2) is 0 Å². The van der Waals surface area contributed by atoms with Crippen LogP contribution in [0.5, 0.6) is 0 Å². The van der Waals surface area contributed by atoms with Crippen LogP contribution in [0.1, 0.15) is 10.4 Å². The van der Waals surface area contributed by atoms with Crippen molar-refractivity contribution in [3.63, 3.8) is 0 Å². The van der Waals surface area contributed by atoms with Crippen LogP contribution in [0.4, 0.5) is 11.4 Å². The predicted molar refractivity (Wildman–Crippen MR) is 50.2 cm³/mol. The SMILES string of the molecule is NC(=O)c1cc(N([O-])[O-])cc(N(O)O)c1. The van der Waals surface area contributed by atoms with E-state index in [0.717, 1.165) is 18.2 Å². The molecule has 1 aromatic carbocycles. The van der Waals surface area contributed by atoms with Crippen molar-refractivity contribution in [1.29, 1.82) is 0 Å². The van der Waals surface area contributed by atoms with Gasteiger partial charge in [-0.25, -0.2) is 0 Å². The monoisotopic (exact) mass is 213 g/mol. The van der Waals surface area contributed by atoms with E-state index in [1.807, 2.05) is 0 Å². The fraction of sp³-hybridized carbons (Fsp3) is 0. The molecule has 4 N–H and O–H groups in total. The van der Waals surface area contributed by atoms with E-state index in [4.69, 9.17) is 16.1 Å². The molecule has 0 aromatic heterocycles. The number of nitrogens with two attached hydrogens (primary N) is 1. The summed E-state index contributed by atoms with van der Waals surface area (Å²) in [4.78, 5) is 10.8. The Morgan fingerprint density at radius 1 is 1.20 bits per heavy atom. The first-order chi connectivity index (χ1) is 6.91. The van der Waals surface area contributed by atoms with Gasteiger partial charge < -0.3 is 21.4 Å². The lowest BCUT2D eigenvalue weighted by molar-refractivity contribution is 0.0291. The average molecular weight is 213 g/mol. The first kappa shape index (κ1) is 11.2. The Labute approximate surface area is 83.8 Å². The molecule has 15 heavy (non-hydrogen) atoms. The van der Waals surface area contributed by atoms with Crippen LogP contribution in [-0.2, 0) is 0 Å². The number of carbonyl (C=O) groups is 1. The van der Waals surface area contributed by atoms with Crippen LogP contribution in [0.25, 0.3) is 0 Å². The van der Waals surface area contributed by atoms with Crippen molar-refractivity contribution in [3.05, 3.63) is 34.2 Å². The van der Waals surface area contributed by atoms with Gasteiger partial charge in [-0.05, 0) is 18.2 Å². The molecule has 0 saturated carbocycles. The minimum Gasteiger partial charge on any atom is -0.769 e. The largest absolute Gasteiger partial charge is 0.769 e. The number of anilines is 2. The summed E-state index contributed by atoms with van der Waals surface area (Å²) in [5.41, 5.74) is 3.94. The van der Waals surface area contributed by atoms with Crippen molar-refractivity contribution >= 4 is 17.3 Å². The zero-order valence-corrected chi connectivity index (χ0v) is 7.32. The maximum Gasteiger partial charge on any atom is 0.248 e. The van der Waals surface area contributed by atoms with E-state index in [2.05, 4.69) is 0 Å². The van der Waals surface area contributed by atoms with E-state index in [-0.39, 0.29) is 16.5 Å². The molecule has 0 spiro atoms. The molecule has 0 saturated heterocycles. The summed E-state index contributed by atoms with van der Waals surface area (Å²) in [6.07, 6.45) is 0. The zero-order chi connectivity index (χ0) is 11.6. The normalized spacial score (nSPS) is 9.87. The third-order valence-electron chi connectivity index (χ3n) is 1.63. The van der Waals surface area contributed by atoms with E-state index in [0.29, 0.717) is 0 Å². The van der Waals surface area contributed by atoms with E-state index in [9.17, 15) is 15.2 Å². The maximum atomic E-state index is 10.8. The van der Waals surface area contributed by atoms with Crippen LogP contribution < -0.4 is 16.2 Å². The molecule has 0 aliphatic heterocycles. The summed E-state index contributed by atoms with van der Waals surface area (Å²) in [7, 11) is 0. The number of hydrogen-bond acceptors (Lipinski definition) is 7. The van der Waals surface area contributed by atoms with E-state index >= 15 is 0 Å². The Balaban J connectivity index is 3.26. The molecule has 0 bridgehead atoms. The Kier molecular flexibility index (Phi) is 3.07. The molecule has 82 valence electrons. The van der Waals surface area contributed by atoms with Gasteiger partial charge in [0.25, 0.3) is 0 Å². The molecule has 0 atom stereocenters. The molecule has 0 heterocycles. The van der Waals surface area contributed by atoms with Crippen LogP contribution in [0.15, 0.2) is 18.2 Å². The summed E-state index contributed by atoms with van der Waals surface area (Å²) in [6.45, 7) is 0. The highest BCUT2D eigenvalue weighted by molar-refractivity contribution is 5.95. The van der Waals surface area contributed by atoms with Crippen LogP contribution in [0, 0.1) is 10.4 Å². The molecule has 0 fully saturated rings. The van der Waals surface area contributed by atoms with Crippen molar-refractivity contribution in [3.8, 4) is 0 Å². The Morgan fingerprint density at radius 2 is 1.73 bits per heavy atom. The quantitative estimate of drug-likeness (QED) is 0.608. The van der Waals surface area contributed by atoms with Gasteiger partial charge in [0, 0.05) is 11.3 Å². The fourth-order valence-corrected chi connectivity index (χ4v) is 0.958. The molecule has 1 rings (SSSR count). The average Bonchev–Trinajstić information content (AvgIpc) is 2.16. The minimum absolute atomic E-state index is 0.188. The Bertz CT molecular complexity index is 353. The van der Waals surface area contributed by atoms with Crippen molar-refractivity contribution in [1.82, 2.24) is 0 Å². The molecule has 8 nitrogen and oxygen atoms in total. The van der Waals surface area contributed by atoms with E-state index in [1.165, 1.54) is 0 Å². The summed E-state index contributed by atoms with van der Waals surface area (Å²) in [6, 6.07) is 2.83. The number of nitrogens with zero attached hydrogens (tertiary/aromatic N) is 2. The number of rotatable bonds is 3. The highest BCUT2D eigenvalue weighted by Crippen LogP contribution is 2.22. The summed E-state index contributed by atoms with van der Waals surface area (Å²) < 4.78 is 0. The van der Waals surface area contributed by atoms with Crippen molar-refractivity contribution in [2.45, 2.75) is 0 Å². The Hall–Kier alpha value is -1.87. The number of benzene rings is 1. The standard InChI is InChI=1S/C7H7N3O5/c8-7(11)4-1-5(9(12)13)3-6(2-4)10(14)15/h1-3,12-13H,(H2,8,11)/q-2. The highest BCUT2D eigenvalue weighted by Gasteiger charge is 2.07. The minimum atomic E-state index is -0.901. The highest BCUT2D eigenvalue weighted by atomic mass is 16.8. The second kappa shape index (κ2) is 4.11. The smallest absolute Gasteiger partial charge is 0.248 e. The molecular formula is C7H7N3O5-2. The van der Waals surface area contributed by atoms with Crippen molar-refractivity contribution in [2.24, 2.45) is 5.73 Å². The lowest BCUT2D eigenvalue weighted by Gasteiger charge is -2.38. The number of carbonyl (C=O) groups excluding carboxylic acids is 1. The van der Waals surface area contributed by atoms with Crippen LogP contribution in [0.3, 0.4) is 0 Å². The molecule has 0 aliphatic carbocycles. The Morgan fingerprint density at radius 3 is 2.13 bits per heavy atom. The van der Waals surface area contributed by atoms with Crippen molar-refractivity contribution in [2.75, 3.05) is 10.5 Å². The van der Waals surface area contributed by atoms with E-state index in [1.54, 1.807) is 0 Å². The molecule has 0 aliphatic rings. The van der Waals surface area contributed by atoms with Gasteiger partial charge >= 0.3 is 0 Å². The fourth-order valence-electron chi connectivity index (χ4n) is 0.958. The second-order valence-electron chi connectivity index (χ2n) is 2.65. The number of amides is 1. The summed E-state index contributed by atoms with van der Waals surface area (Å²) >= 11 is 0. The lowest BCUT2D eigenvalue weighted by Crippen LogP contribution is -2.16.